The first-order valence-electron chi connectivity index (χ1n) is 11.5. The molecule has 1 aliphatic heterocycles. The summed E-state index contributed by atoms with van der Waals surface area (Å²) < 4.78 is 29.0. The van der Waals surface area contributed by atoms with Crippen molar-refractivity contribution in [3.63, 3.8) is 0 Å². The van der Waals surface area contributed by atoms with Crippen molar-refractivity contribution < 1.29 is 13.2 Å². The van der Waals surface area contributed by atoms with Gasteiger partial charge in [-0.3, -0.25) is 4.79 Å². The molecule has 4 rings (SSSR count). The van der Waals surface area contributed by atoms with Gasteiger partial charge in [0.15, 0.2) is 0 Å². The number of piperidine rings is 1. The van der Waals surface area contributed by atoms with Crippen LogP contribution in [-0.2, 0) is 14.8 Å². The van der Waals surface area contributed by atoms with Crippen LogP contribution in [0.15, 0.2) is 64.0 Å². The number of carbonyl (C=O) groups excluding carboxylic acids is 1. The van der Waals surface area contributed by atoms with Crippen LogP contribution in [0, 0.1) is 5.92 Å². The minimum atomic E-state index is -3.52. The van der Waals surface area contributed by atoms with Crippen LogP contribution in [0.3, 0.4) is 0 Å². The zero-order valence-corrected chi connectivity index (χ0v) is 20.7. The number of hydrogen-bond donors (Lipinski definition) is 1. The molecule has 0 spiro atoms. The van der Waals surface area contributed by atoms with Gasteiger partial charge in [-0.05, 0) is 80.7 Å². The summed E-state index contributed by atoms with van der Waals surface area (Å²) in [6, 6.07) is 17.2. The van der Waals surface area contributed by atoms with Crippen molar-refractivity contribution in [3.05, 3.63) is 64.6 Å². The quantitative estimate of drug-likeness (QED) is 0.554. The molecule has 2 fully saturated rings. The first-order valence-corrected chi connectivity index (χ1v) is 13.8. The predicted molar refractivity (Wildman–Crippen MR) is 130 cm³/mol. The average Bonchev–Trinajstić information content (AvgIpc) is 2.81. The van der Waals surface area contributed by atoms with Gasteiger partial charge in [-0.15, -0.1) is 0 Å². The highest BCUT2D eigenvalue weighted by atomic mass is 79.9. The van der Waals surface area contributed by atoms with E-state index in [1.54, 1.807) is 24.3 Å². The Bertz CT molecular complexity index is 1000. The van der Waals surface area contributed by atoms with Gasteiger partial charge in [-0.25, -0.2) is 13.1 Å². The number of nitrogens with one attached hydrogen (secondary N) is 1. The summed E-state index contributed by atoms with van der Waals surface area (Å²) in [6.07, 6.45) is 7.13. The largest absolute Gasteiger partial charge is 0.336 e. The Morgan fingerprint density at radius 2 is 1.62 bits per heavy atom. The average molecular weight is 520 g/mol. The van der Waals surface area contributed by atoms with E-state index >= 15 is 0 Å². The summed E-state index contributed by atoms with van der Waals surface area (Å²) in [4.78, 5) is 15.6. The molecule has 0 bridgehead atoms. The Labute approximate surface area is 199 Å². The monoisotopic (exact) mass is 518 g/mol. The molecule has 7 heteroatoms. The minimum Gasteiger partial charge on any atom is -0.336 e. The molecule has 1 aliphatic carbocycles. The summed E-state index contributed by atoms with van der Waals surface area (Å²) in [5, 5.41) is 0. The second kappa shape index (κ2) is 10.5. The minimum absolute atomic E-state index is 0.0675. The number of rotatable bonds is 6. The fourth-order valence-electron chi connectivity index (χ4n) is 5.00. The van der Waals surface area contributed by atoms with Crippen LogP contribution in [0.2, 0.25) is 0 Å². The van der Waals surface area contributed by atoms with Crippen LogP contribution in [-0.4, -0.2) is 31.8 Å². The van der Waals surface area contributed by atoms with E-state index in [1.807, 2.05) is 18.2 Å². The SMILES string of the molecule is O=C(CC1CCC(NS(=O)(=O)c2ccc(Br)cc2)CC1)N1CCCCC1c1ccccc1. The zero-order chi connectivity index (χ0) is 22.6. The standard InChI is InChI=1S/C25H31BrN2O3S/c26-21-11-15-23(16-12-21)32(30,31)27-22-13-9-19(10-14-22)18-25(29)28-17-5-4-8-24(28)20-6-2-1-3-7-20/h1-3,6-7,11-12,15-16,19,22,24,27H,4-5,8-10,13-14,17-18H2. The molecule has 1 N–H and O–H groups in total. The Balaban J connectivity index is 1.30. The van der Waals surface area contributed by atoms with Crippen LogP contribution < -0.4 is 4.72 Å². The Hall–Kier alpha value is -1.70. The highest BCUT2D eigenvalue weighted by Crippen LogP contribution is 2.34. The number of benzene rings is 2. The van der Waals surface area contributed by atoms with E-state index in [0.717, 1.165) is 56.0 Å². The second-order valence-electron chi connectivity index (χ2n) is 9.01. The predicted octanol–water partition coefficient (Wildman–Crippen LogP) is 5.43. The van der Waals surface area contributed by atoms with Gasteiger partial charge in [0.1, 0.15) is 0 Å². The second-order valence-corrected chi connectivity index (χ2v) is 11.6. The molecule has 1 heterocycles. The first kappa shape index (κ1) is 23.5. The fourth-order valence-corrected chi connectivity index (χ4v) is 6.57. The zero-order valence-electron chi connectivity index (χ0n) is 18.3. The molecular formula is C25H31BrN2O3S. The lowest BCUT2D eigenvalue weighted by atomic mass is 9.83. The lowest BCUT2D eigenvalue weighted by Gasteiger charge is -2.37. The number of hydrogen-bond acceptors (Lipinski definition) is 3. The van der Waals surface area contributed by atoms with Crippen molar-refractivity contribution in [2.45, 2.75) is 68.3 Å². The number of halogens is 1. The van der Waals surface area contributed by atoms with E-state index in [4.69, 9.17) is 0 Å². The van der Waals surface area contributed by atoms with Gasteiger partial charge >= 0.3 is 0 Å². The van der Waals surface area contributed by atoms with Gasteiger partial charge in [-0.1, -0.05) is 46.3 Å². The fraction of sp³-hybridized carbons (Fsp3) is 0.480. The Morgan fingerprint density at radius 1 is 0.938 bits per heavy atom. The van der Waals surface area contributed by atoms with Gasteiger partial charge in [0, 0.05) is 23.5 Å². The molecule has 0 aromatic heterocycles. The lowest BCUT2D eigenvalue weighted by molar-refractivity contribution is -0.136. The molecule has 2 aromatic rings. The maximum atomic E-state index is 13.2. The molecule has 172 valence electrons. The lowest BCUT2D eigenvalue weighted by Crippen LogP contribution is -2.41. The summed E-state index contributed by atoms with van der Waals surface area (Å²) >= 11 is 3.34. The van der Waals surface area contributed by atoms with Gasteiger partial charge in [0.05, 0.1) is 10.9 Å². The maximum Gasteiger partial charge on any atom is 0.240 e. The van der Waals surface area contributed by atoms with Crippen molar-refractivity contribution >= 4 is 31.9 Å². The Kier molecular flexibility index (Phi) is 7.69. The van der Waals surface area contributed by atoms with Crippen molar-refractivity contribution in [2.75, 3.05) is 6.54 Å². The topological polar surface area (TPSA) is 66.5 Å². The van der Waals surface area contributed by atoms with E-state index in [2.05, 4.69) is 37.7 Å². The van der Waals surface area contributed by atoms with Gasteiger partial charge in [0.25, 0.3) is 0 Å². The molecule has 5 nitrogen and oxygen atoms in total. The van der Waals surface area contributed by atoms with E-state index < -0.39 is 10.0 Å². The van der Waals surface area contributed by atoms with Crippen LogP contribution in [0.1, 0.15) is 63.0 Å². The van der Waals surface area contributed by atoms with Crippen molar-refractivity contribution in [2.24, 2.45) is 5.92 Å². The summed E-state index contributed by atoms with van der Waals surface area (Å²) in [6.45, 7) is 0.834. The normalized spacial score (nSPS) is 24.3. The molecule has 2 aromatic carbocycles. The summed E-state index contributed by atoms with van der Waals surface area (Å²) in [7, 11) is -3.52. The van der Waals surface area contributed by atoms with Gasteiger partial charge in [-0.2, -0.15) is 0 Å². The molecular weight excluding hydrogens is 488 g/mol. The van der Waals surface area contributed by atoms with Crippen molar-refractivity contribution in [1.29, 1.82) is 0 Å². The number of nitrogens with zero attached hydrogens (tertiary/aromatic N) is 1. The van der Waals surface area contributed by atoms with Crippen LogP contribution in [0.5, 0.6) is 0 Å². The first-order chi connectivity index (χ1) is 15.4. The highest BCUT2D eigenvalue weighted by molar-refractivity contribution is 9.10. The third-order valence-electron chi connectivity index (χ3n) is 6.76. The molecule has 1 atom stereocenters. The molecule has 0 radical (unpaired) electrons. The van der Waals surface area contributed by atoms with E-state index in [9.17, 15) is 13.2 Å². The molecule has 2 aliphatic rings. The van der Waals surface area contributed by atoms with Crippen molar-refractivity contribution in [3.8, 4) is 0 Å². The smallest absolute Gasteiger partial charge is 0.240 e. The van der Waals surface area contributed by atoms with E-state index in [1.165, 1.54) is 5.56 Å². The van der Waals surface area contributed by atoms with Crippen LogP contribution in [0.4, 0.5) is 0 Å². The highest BCUT2D eigenvalue weighted by Gasteiger charge is 2.31. The van der Waals surface area contributed by atoms with E-state index in [0.29, 0.717) is 12.3 Å². The number of sulfonamides is 1. The Morgan fingerprint density at radius 3 is 2.31 bits per heavy atom. The van der Waals surface area contributed by atoms with Crippen LogP contribution >= 0.6 is 15.9 Å². The molecule has 1 saturated carbocycles. The molecule has 32 heavy (non-hydrogen) atoms. The number of amides is 1. The maximum absolute atomic E-state index is 13.2. The molecule has 1 unspecified atom stereocenters. The van der Waals surface area contributed by atoms with E-state index in [-0.39, 0.29) is 22.9 Å². The molecule has 1 amide bonds. The summed E-state index contributed by atoms with van der Waals surface area (Å²) in [5.74, 6) is 0.576. The molecule has 1 saturated heterocycles. The van der Waals surface area contributed by atoms with Crippen molar-refractivity contribution in [1.82, 2.24) is 9.62 Å². The third kappa shape index (κ3) is 5.80. The van der Waals surface area contributed by atoms with Crippen LogP contribution in [0.25, 0.3) is 0 Å². The third-order valence-corrected chi connectivity index (χ3v) is 8.83. The van der Waals surface area contributed by atoms with Gasteiger partial charge in [0.2, 0.25) is 15.9 Å². The number of likely N-dealkylation sites (tertiary alicyclic amines) is 1. The van der Waals surface area contributed by atoms with Gasteiger partial charge < -0.3 is 4.90 Å². The number of carbonyl (C=O) groups is 1. The summed E-state index contributed by atoms with van der Waals surface area (Å²) in [5.41, 5.74) is 1.23.